The van der Waals surface area contributed by atoms with Gasteiger partial charge in [-0.15, -0.1) is 0 Å². The summed E-state index contributed by atoms with van der Waals surface area (Å²) < 4.78 is 0. The SMILES string of the molecule is CCCCCCCN1C(=N)N(CCCC[C@H]2CN=C(N)N2CCC23CC4CC(CC(C4)C2)C3)C[C@@H]1CC1CCCCC1. The Morgan fingerprint density at radius 2 is 1.50 bits per heavy atom. The molecule has 1 saturated heterocycles. The summed E-state index contributed by atoms with van der Waals surface area (Å²) in [4.78, 5) is 12.2. The van der Waals surface area contributed by atoms with Gasteiger partial charge in [-0.25, -0.2) is 0 Å². The van der Waals surface area contributed by atoms with Gasteiger partial charge < -0.3 is 20.4 Å². The van der Waals surface area contributed by atoms with Gasteiger partial charge in [0.1, 0.15) is 0 Å². The van der Waals surface area contributed by atoms with E-state index in [1.54, 1.807) is 0 Å². The third-order valence-corrected chi connectivity index (χ3v) is 12.7. The number of nitrogens with one attached hydrogen (secondary N) is 1. The summed E-state index contributed by atoms with van der Waals surface area (Å²) in [5, 5.41) is 9.12. The van der Waals surface area contributed by atoms with Gasteiger partial charge in [-0.3, -0.25) is 10.4 Å². The number of unbranched alkanes of at least 4 members (excludes halogenated alkanes) is 5. The highest BCUT2D eigenvalue weighted by atomic mass is 15.4. The number of hydrogen-bond acceptors (Lipinski definition) is 4. The van der Waals surface area contributed by atoms with Gasteiger partial charge >= 0.3 is 0 Å². The normalized spacial score (nSPS) is 34.7. The summed E-state index contributed by atoms with van der Waals surface area (Å²) in [5.41, 5.74) is 7.10. The van der Waals surface area contributed by atoms with E-state index in [2.05, 4.69) is 21.6 Å². The number of nitrogens with zero attached hydrogens (tertiary/aromatic N) is 4. The van der Waals surface area contributed by atoms with Crippen LogP contribution in [0.1, 0.15) is 142 Å². The van der Waals surface area contributed by atoms with Crippen LogP contribution in [0.2, 0.25) is 0 Å². The third-order valence-electron chi connectivity index (χ3n) is 12.7. The standard InChI is InChI=1S/C36H64N6/c1-2-3-4-5-10-17-42-33(22-28-12-7-6-8-13-28)27-40(35(42)38)16-11-9-14-32-26-39-34(37)41(32)18-15-36-23-29-19-30(24-36)21-31(20-29)25-36/h28-33,38H,2-27H2,1H3,(H2,37,39)/t29?,30?,31?,32-,33-,36?/m0/s1. The molecular weight excluding hydrogens is 516 g/mol. The topological polar surface area (TPSA) is 72.0 Å². The minimum absolute atomic E-state index is 0.496. The summed E-state index contributed by atoms with van der Waals surface area (Å²) in [6.07, 6.45) is 29.0. The van der Waals surface area contributed by atoms with Gasteiger partial charge in [0.2, 0.25) is 0 Å². The van der Waals surface area contributed by atoms with E-state index in [9.17, 15) is 0 Å². The van der Waals surface area contributed by atoms with E-state index in [4.69, 9.17) is 16.1 Å². The Morgan fingerprint density at radius 3 is 2.21 bits per heavy atom. The number of aliphatic imine (C=N–C) groups is 1. The summed E-state index contributed by atoms with van der Waals surface area (Å²) in [7, 11) is 0. The molecule has 6 nitrogen and oxygen atoms in total. The molecule has 0 spiro atoms. The largest absolute Gasteiger partial charge is 0.370 e. The molecule has 0 aromatic heterocycles. The predicted molar refractivity (Wildman–Crippen MR) is 176 cm³/mol. The van der Waals surface area contributed by atoms with Crippen molar-refractivity contribution in [2.45, 2.75) is 154 Å². The Labute approximate surface area is 258 Å². The smallest absolute Gasteiger partial charge is 0.194 e. The second kappa shape index (κ2) is 14.1. The zero-order valence-corrected chi connectivity index (χ0v) is 27.2. The molecule has 5 aliphatic carbocycles. The molecule has 3 N–H and O–H groups in total. The lowest BCUT2D eigenvalue weighted by atomic mass is 9.49. The minimum Gasteiger partial charge on any atom is -0.370 e. The maximum absolute atomic E-state index is 9.12. The highest BCUT2D eigenvalue weighted by molar-refractivity contribution is 5.80. The molecule has 42 heavy (non-hydrogen) atoms. The lowest BCUT2D eigenvalue weighted by molar-refractivity contribution is -0.0597. The molecule has 0 aromatic rings. The van der Waals surface area contributed by atoms with E-state index in [1.807, 2.05) is 0 Å². The maximum atomic E-state index is 9.12. The van der Waals surface area contributed by atoms with Crippen LogP contribution in [0.15, 0.2) is 4.99 Å². The van der Waals surface area contributed by atoms with Gasteiger partial charge in [-0.05, 0) is 106 Å². The van der Waals surface area contributed by atoms with Crippen LogP contribution in [0.4, 0.5) is 0 Å². The average molecular weight is 581 g/mol. The average Bonchev–Trinajstić information content (AvgIpc) is 3.47. The molecule has 7 aliphatic rings. The summed E-state index contributed by atoms with van der Waals surface area (Å²) in [6.45, 7) is 7.53. The molecule has 0 radical (unpaired) electrons. The minimum atomic E-state index is 0.496. The lowest BCUT2D eigenvalue weighted by Gasteiger charge is -2.57. The summed E-state index contributed by atoms with van der Waals surface area (Å²) in [6, 6.07) is 1.06. The first-order chi connectivity index (χ1) is 20.5. The molecule has 0 aromatic carbocycles. The van der Waals surface area contributed by atoms with Gasteiger partial charge in [0.15, 0.2) is 11.9 Å². The number of rotatable bonds is 16. The van der Waals surface area contributed by atoms with Gasteiger partial charge in [-0.1, -0.05) is 64.7 Å². The monoisotopic (exact) mass is 581 g/mol. The van der Waals surface area contributed by atoms with Gasteiger partial charge in [0.25, 0.3) is 0 Å². The first-order valence-electron chi connectivity index (χ1n) is 18.7. The van der Waals surface area contributed by atoms with Crippen LogP contribution in [0, 0.1) is 34.5 Å². The fourth-order valence-electron chi connectivity index (χ4n) is 10.9. The zero-order valence-electron chi connectivity index (χ0n) is 27.2. The van der Waals surface area contributed by atoms with E-state index in [0.717, 1.165) is 68.3 Å². The molecule has 2 atom stereocenters. The van der Waals surface area contributed by atoms with E-state index in [-0.39, 0.29) is 0 Å². The Morgan fingerprint density at radius 1 is 0.810 bits per heavy atom. The van der Waals surface area contributed by atoms with Crippen molar-refractivity contribution in [3.63, 3.8) is 0 Å². The first-order valence-corrected chi connectivity index (χ1v) is 18.7. The van der Waals surface area contributed by atoms with Crippen molar-refractivity contribution in [3.05, 3.63) is 0 Å². The van der Waals surface area contributed by atoms with Crippen molar-refractivity contribution in [1.82, 2.24) is 14.7 Å². The predicted octanol–water partition coefficient (Wildman–Crippen LogP) is 7.62. The fourth-order valence-corrected chi connectivity index (χ4v) is 10.9. The molecule has 6 heteroatoms. The maximum Gasteiger partial charge on any atom is 0.194 e. The van der Waals surface area contributed by atoms with E-state index < -0.39 is 0 Å². The Balaban J connectivity index is 0.952. The van der Waals surface area contributed by atoms with E-state index >= 15 is 0 Å². The van der Waals surface area contributed by atoms with Crippen LogP contribution in [0.3, 0.4) is 0 Å². The van der Waals surface area contributed by atoms with Crippen LogP contribution in [-0.4, -0.2) is 71.4 Å². The molecule has 0 unspecified atom stereocenters. The molecule has 5 saturated carbocycles. The quantitative estimate of drug-likeness (QED) is 0.184. The van der Waals surface area contributed by atoms with Gasteiger partial charge in [0, 0.05) is 32.2 Å². The molecule has 238 valence electrons. The van der Waals surface area contributed by atoms with E-state index in [0.29, 0.717) is 17.5 Å². The molecule has 6 fully saturated rings. The van der Waals surface area contributed by atoms with Crippen molar-refractivity contribution in [1.29, 1.82) is 5.41 Å². The fraction of sp³-hybridized carbons (Fsp3) is 0.944. The van der Waals surface area contributed by atoms with Crippen LogP contribution in [0.25, 0.3) is 0 Å². The van der Waals surface area contributed by atoms with Crippen molar-refractivity contribution in [3.8, 4) is 0 Å². The van der Waals surface area contributed by atoms with Crippen molar-refractivity contribution >= 4 is 11.9 Å². The van der Waals surface area contributed by atoms with Gasteiger partial charge in [0.05, 0.1) is 12.6 Å². The summed E-state index contributed by atoms with van der Waals surface area (Å²) >= 11 is 0. The molecule has 2 aliphatic heterocycles. The second-order valence-electron chi connectivity index (χ2n) is 16.0. The Hall–Kier alpha value is -1.46. The third kappa shape index (κ3) is 7.25. The Bertz CT molecular complexity index is 873. The van der Waals surface area contributed by atoms with Crippen molar-refractivity contribution < 1.29 is 0 Å². The van der Waals surface area contributed by atoms with Crippen LogP contribution < -0.4 is 5.73 Å². The molecule has 4 bridgehead atoms. The van der Waals surface area contributed by atoms with Crippen molar-refractivity contribution in [2.75, 3.05) is 32.7 Å². The Kier molecular flexibility index (Phi) is 10.3. The number of nitrogens with two attached hydrogens (primary N) is 1. The highest BCUT2D eigenvalue weighted by Gasteiger charge is 2.50. The first kappa shape index (κ1) is 30.6. The van der Waals surface area contributed by atoms with Crippen LogP contribution in [0.5, 0.6) is 0 Å². The molecule has 0 amide bonds. The number of guanidine groups is 2. The summed E-state index contributed by atoms with van der Waals surface area (Å²) in [5.74, 6) is 5.61. The molecule has 2 heterocycles. The van der Waals surface area contributed by atoms with Gasteiger partial charge in [-0.2, -0.15) is 0 Å². The lowest BCUT2D eigenvalue weighted by Crippen LogP contribution is -2.49. The highest BCUT2D eigenvalue weighted by Crippen LogP contribution is 2.61. The van der Waals surface area contributed by atoms with Crippen molar-refractivity contribution in [2.24, 2.45) is 39.8 Å². The second-order valence-corrected chi connectivity index (χ2v) is 16.0. The number of hydrogen-bond donors (Lipinski definition) is 2. The zero-order chi connectivity index (χ0) is 28.9. The molecule has 7 rings (SSSR count). The van der Waals surface area contributed by atoms with E-state index in [1.165, 1.54) is 135 Å². The molecular formula is C36H64N6. The van der Waals surface area contributed by atoms with Crippen LogP contribution >= 0.6 is 0 Å². The van der Waals surface area contributed by atoms with Crippen LogP contribution in [-0.2, 0) is 0 Å².